The van der Waals surface area contributed by atoms with Crippen molar-refractivity contribution in [3.8, 4) is 17.6 Å². The number of alkyl halides is 1. The number of aliphatic carboxylic acids is 1. The van der Waals surface area contributed by atoms with E-state index in [1.807, 2.05) is 65.6 Å². The minimum Gasteiger partial charge on any atom is -0.489 e. The zero-order chi connectivity index (χ0) is 28.3. The summed E-state index contributed by atoms with van der Waals surface area (Å²) in [7, 11) is 2.02. The summed E-state index contributed by atoms with van der Waals surface area (Å²) < 4.78 is 20.0. The minimum absolute atomic E-state index is 0.0439. The number of carbonyl (C=O) groups is 1. The van der Waals surface area contributed by atoms with Gasteiger partial charge in [0, 0.05) is 19.6 Å². The van der Waals surface area contributed by atoms with Crippen LogP contribution in [0.5, 0.6) is 5.75 Å². The third-order valence-corrected chi connectivity index (χ3v) is 6.13. The van der Waals surface area contributed by atoms with Gasteiger partial charge in [0.25, 0.3) is 0 Å². The molecular weight excluding hydrogens is 502 g/mol. The molecule has 9 heteroatoms. The van der Waals surface area contributed by atoms with Crippen LogP contribution in [0.1, 0.15) is 56.7 Å². The van der Waals surface area contributed by atoms with E-state index in [-0.39, 0.29) is 24.0 Å². The molecule has 0 aromatic heterocycles. The molecule has 0 saturated carbocycles. The van der Waals surface area contributed by atoms with E-state index in [1.165, 1.54) is 11.8 Å². The van der Waals surface area contributed by atoms with Crippen LogP contribution >= 0.6 is 9.24 Å². The van der Waals surface area contributed by atoms with Crippen molar-refractivity contribution >= 4 is 26.9 Å². The molecule has 7 nitrogen and oxygen atoms in total. The van der Waals surface area contributed by atoms with Gasteiger partial charge >= 0.3 is 5.97 Å². The fourth-order valence-electron chi connectivity index (χ4n) is 4.04. The maximum Gasteiger partial charge on any atom is 0.304 e. The quantitative estimate of drug-likeness (QED) is 0.169. The van der Waals surface area contributed by atoms with E-state index in [1.54, 1.807) is 6.92 Å². The van der Waals surface area contributed by atoms with E-state index in [9.17, 15) is 9.18 Å². The van der Waals surface area contributed by atoms with Gasteiger partial charge in [-0.2, -0.15) is 0 Å². The number of nitrogens with zero attached hydrogens (tertiary/aromatic N) is 2. The van der Waals surface area contributed by atoms with Crippen molar-refractivity contribution in [2.45, 2.75) is 58.6 Å². The number of halogens is 1. The van der Waals surface area contributed by atoms with Gasteiger partial charge in [0.05, 0.1) is 18.9 Å². The first kappa shape index (κ1) is 31.0. The van der Waals surface area contributed by atoms with Crippen molar-refractivity contribution in [3.63, 3.8) is 0 Å². The third kappa shape index (κ3) is 9.24. The first-order chi connectivity index (χ1) is 18.1. The van der Waals surface area contributed by atoms with E-state index in [0.29, 0.717) is 38.5 Å². The van der Waals surface area contributed by atoms with E-state index in [2.05, 4.69) is 22.8 Å². The number of rotatable bonds is 9. The Hall–Kier alpha value is -3.27. The summed E-state index contributed by atoms with van der Waals surface area (Å²) in [6.45, 7) is 9.41. The molecule has 204 valence electrons. The van der Waals surface area contributed by atoms with E-state index in [0.717, 1.165) is 16.7 Å². The standard InChI is InChI=1S/C27H32FN4O3P.C2H6/c1-3-5-22(15-25(33)34)21-8-10-23(11-9-21)35-18-20-7-4-6-19(14-20)16-31-12-13-32(24(29)17-31)26(30)27(2,28)36;1-2/h4,6-11,14,22,29-30H,12-13,15-18,36H2,1-2H3,(H,33,34);1-2H3. The van der Waals surface area contributed by atoms with Gasteiger partial charge in [0.1, 0.15) is 24.0 Å². The smallest absolute Gasteiger partial charge is 0.304 e. The maximum atomic E-state index is 14.1. The van der Waals surface area contributed by atoms with E-state index >= 15 is 0 Å². The number of hydrogen-bond donors (Lipinski definition) is 3. The summed E-state index contributed by atoms with van der Waals surface area (Å²) in [5, 5.41) is 23.5. The Kier molecular flexibility index (Phi) is 11.9. The van der Waals surface area contributed by atoms with Crippen molar-refractivity contribution in [1.82, 2.24) is 9.80 Å². The number of hydrogen-bond acceptors (Lipinski definition) is 5. The van der Waals surface area contributed by atoms with Crippen LogP contribution in [0.15, 0.2) is 48.5 Å². The normalized spacial score (nSPS) is 15.7. The Morgan fingerprint density at radius 3 is 2.45 bits per heavy atom. The largest absolute Gasteiger partial charge is 0.489 e. The first-order valence-corrected chi connectivity index (χ1v) is 13.2. The predicted molar refractivity (Wildman–Crippen MR) is 154 cm³/mol. The molecule has 3 rings (SSSR count). The average molecular weight is 541 g/mol. The minimum atomic E-state index is -1.85. The van der Waals surface area contributed by atoms with Crippen LogP contribution < -0.4 is 4.74 Å². The number of ether oxygens (including phenoxy) is 1. The molecule has 0 bridgehead atoms. The lowest BCUT2D eigenvalue weighted by molar-refractivity contribution is -0.137. The van der Waals surface area contributed by atoms with E-state index in [4.69, 9.17) is 20.7 Å². The summed E-state index contributed by atoms with van der Waals surface area (Å²) in [6.07, 6.45) is -0.0439. The summed E-state index contributed by atoms with van der Waals surface area (Å²) in [4.78, 5) is 14.6. The fourth-order valence-corrected chi connectivity index (χ4v) is 4.19. The van der Waals surface area contributed by atoms with Gasteiger partial charge in [-0.1, -0.05) is 65.4 Å². The molecule has 0 spiro atoms. The molecule has 3 N–H and O–H groups in total. The van der Waals surface area contributed by atoms with Crippen LogP contribution in [0.4, 0.5) is 4.39 Å². The highest BCUT2D eigenvalue weighted by molar-refractivity contribution is 7.20. The number of carboxylic acids is 1. The average Bonchev–Trinajstić information content (AvgIpc) is 2.88. The van der Waals surface area contributed by atoms with Crippen LogP contribution in [0.25, 0.3) is 0 Å². The molecule has 1 heterocycles. The molecular formula is C29H38FN4O3P. The molecule has 38 heavy (non-hydrogen) atoms. The van der Waals surface area contributed by atoms with Crippen LogP contribution in [-0.4, -0.2) is 57.6 Å². The second-order valence-electron chi connectivity index (χ2n) is 8.96. The highest BCUT2D eigenvalue weighted by atomic mass is 31.0. The Morgan fingerprint density at radius 2 is 1.87 bits per heavy atom. The van der Waals surface area contributed by atoms with Gasteiger partial charge < -0.3 is 14.7 Å². The Balaban J connectivity index is 0.00000247. The van der Waals surface area contributed by atoms with Crippen LogP contribution in [0, 0.1) is 22.7 Å². The van der Waals surface area contributed by atoms with Gasteiger partial charge in [-0.25, -0.2) is 4.39 Å². The van der Waals surface area contributed by atoms with Crippen LogP contribution in [-0.2, 0) is 17.9 Å². The van der Waals surface area contributed by atoms with Crippen molar-refractivity contribution in [1.29, 1.82) is 10.8 Å². The lowest BCUT2D eigenvalue weighted by Crippen LogP contribution is -2.54. The zero-order valence-corrected chi connectivity index (χ0v) is 23.7. The van der Waals surface area contributed by atoms with Crippen molar-refractivity contribution < 1.29 is 19.0 Å². The monoisotopic (exact) mass is 540 g/mol. The molecule has 2 aromatic rings. The molecule has 3 unspecified atom stereocenters. The molecule has 1 fully saturated rings. The number of nitrogens with one attached hydrogen (secondary N) is 2. The highest BCUT2D eigenvalue weighted by Gasteiger charge is 2.33. The van der Waals surface area contributed by atoms with Crippen molar-refractivity contribution in [2.75, 3.05) is 19.6 Å². The topological polar surface area (TPSA) is 101 Å². The lowest BCUT2D eigenvalue weighted by Gasteiger charge is -2.38. The number of amidine groups is 2. The third-order valence-electron chi connectivity index (χ3n) is 5.85. The second-order valence-corrected chi connectivity index (χ2v) is 10.0. The SMILES string of the molecule is CC.CC#CC(CC(=O)O)c1ccc(OCc2cccc(CN3CCN(C(=N)C(C)(F)P)C(=N)C3)c2)cc1. The predicted octanol–water partition coefficient (Wildman–Crippen LogP) is 5.51. The molecule has 1 aliphatic heterocycles. The van der Waals surface area contributed by atoms with Gasteiger partial charge in [-0.3, -0.25) is 20.5 Å². The number of piperazine rings is 1. The van der Waals surface area contributed by atoms with Crippen LogP contribution in [0.3, 0.4) is 0 Å². The van der Waals surface area contributed by atoms with Crippen molar-refractivity contribution in [3.05, 3.63) is 65.2 Å². The zero-order valence-electron chi connectivity index (χ0n) is 22.6. The Bertz CT molecular complexity index is 1170. The second kappa shape index (κ2) is 14.6. The molecule has 3 atom stereocenters. The Morgan fingerprint density at radius 1 is 1.21 bits per heavy atom. The summed E-state index contributed by atoms with van der Waals surface area (Å²) in [5.74, 6) is 5.20. The molecule has 2 aromatic carbocycles. The molecule has 0 amide bonds. The summed E-state index contributed by atoms with van der Waals surface area (Å²) in [5.41, 5.74) is 2.93. The maximum absolute atomic E-state index is 14.1. The highest BCUT2D eigenvalue weighted by Crippen LogP contribution is 2.25. The lowest BCUT2D eigenvalue weighted by atomic mass is 9.96. The number of carboxylic acid groups (broad SMARTS) is 1. The summed E-state index contributed by atoms with van der Waals surface area (Å²) in [6, 6.07) is 15.4. The van der Waals surface area contributed by atoms with Crippen molar-refractivity contribution in [2.24, 2.45) is 0 Å². The first-order valence-electron chi connectivity index (χ1n) is 12.7. The van der Waals surface area contributed by atoms with Gasteiger partial charge in [-0.15, -0.1) is 5.92 Å². The van der Waals surface area contributed by atoms with Gasteiger partial charge in [0.2, 0.25) is 0 Å². The van der Waals surface area contributed by atoms with Gasteiger partial charge in [0.15, 0.2) is 5.41 Å². The summed E-state index contributed by atoms with van der Waals surface area (Å²) >= 11 is 0. The van der Waals surface area contributed by atoms with Crippen LogP contribution in [0.2, 0.25) is 0 Å². The number of benzene rings is 2. The fraction of sp³-hybridized carbons (Fsp3) is 0.414. The van der Waals surface area contributed by atoms with E-state index < -0.39 is 11.4 Å². The Labute approximate surface area is 227 Å². The molecule has 0 radical (unpaired) electrons. The molecule has 1 aliphatic rings. The molecule has 1 saturated heterocycles. The molecule has 0 aliphatic carbocycles. The van der Waals surface area contributed by atoms with Gasteiger partial charge in [-0.05, 0) is 42.7 Å².